The third-order valence-corrected chi connectivity index (χ3v) is 5.73. The first-order chi connectivity index (χ1) is 14.7. The Labute approximate surface area is 192 Å². The van der Waals surface area contributed by atoms with E-state index in [1.807, 2.05) is 0 Å². The maximum atomic E-state index is 14.3. The van der Waals surface area contributed by atoms with Crippen molar-refractivity contribution < 1.29 is 26.3 Å². The summed E-state index contributed by atoms with van der Waals surface area (Å²) in [5.74, 6) is -4.09. The van der Waals surface area contributed by atoms with E-state index in [9.17, 15) is 31.6 Å². The lowest BCUT2D eigenvalue weighted by Crippen LogP contribution is -2.25. The van der Waals surface area contributed by atoms with E-state index in [4.69, 9.17) is 34.8 Å². The predicted molar refractivity (Wildman–Crippen MR) is 107 cm³/mol. The van der Waals surface area contributed by atoms with Crippen LogP contribution in [0.25, 0.3) is 5.69 Å². The van der Waals surface area contributed by atoms with Gasteiger partial charge in [-0.05, 0) is 12.1 Å². The molecule has 3 rings (SSSR count). The minimum Gasteiger partial charge on any atom is -0.369 e. The Morgan fingerprint density at radius 2 is 1.81 bits per heavy atom. The Balaban J connectivity index is 2.37. The van der Waals surface area contributed by atoms with Gasteiger partial charge in [-0.15, -0.1) is 0 Å². The van der Waals surface area contributed by atoms with Crippen LogP contribution in [0.2, 0.25) is 10.0 Å². The van der Waals surface area contributed by atoms with Gasteiger partial charge >= 0.3 is 6.18 Å². The Hall–Kier alpha value is -2.16. The average molecular weight is 519 g/mol. The molecule has 1 aliphatic carbocycles. The van der Waals surface area contributed by atoms with E-state index in [2.05, 4.69) is 10.1 Å². The number of hydrogen-bond acceptors (Lipinski definition) is 3. The van der Waals surface area contributed by atoms with Crippen molar-refractivity contribution in [3.8, 4) is 11.8 Å². The first-order valence-corrected chi connectivity index (χ1v) is 9.83. The lowest BCUT2D eigenvalue weighted by molar-refractivity contribution is -0.137. The highest BCUT2D eigenvalue weighted by molar-refractivity contribution is 6.38. The van der Waals surface area contributed by atoms with E-state index in [0.29, 0.717) is 12.1 Å². The molecule has 0 aliphatic heterocycles. The van der Waals surface area contributed by atoms with E-state index in [1.165, 1.54) is 19.0 Å². The molecule has 1 fully saturated rings. The van der Waals surface area contributed by atoms with Gasteiger partial charge in [-0.1, -0.05) is 34.8 Å². The highest BCUT2D eigenvalue weighted by Gasteiger charge is 2.78. The summed E-state index contributed by atoms with van der Waals surface area (Å²) in [6, 6.07) is 2.69. The molecule has 172 valence electrons. The van der Waals surface area contributed by atoms with Gasteiger partial charge in [0.05, 0.1) is 27.5 Å². The van der Waals surface area contributed by atoms with Crippen molar-refractivity contribution in [1.29, 1.82) is 5.26 Å². The molecule has 32 heavy (non-hydrogen) atoms. The number of aromatic nitrogens is 2. The van der Waals surface area contributed by atoms with Crippen LogP contribution >= 0.6 is 34.8 Å². The monoisotopic (exact) mass is 517 g/mol. The lowest BCUT2D eigenvalue weighted by atomic mass is 9.96. The molecular formula is C18H12Cl3F6N5. The topological polar surface area (TPSA) is 57.2 Å². The summed E-state index contributed by atoms with van der Waals surface area (Å²) in [6.07, 6.45) is -4.66. The highest BCUT2D eigenvalue weighted by atomic mass is 35.5. The molecule has 2 atom stereocenters. The van der Waals surface area contributed by atoms with Crippen LogP contribution in [-0.2, 0) is 11.6 Å². The molecule has 0 bridgehead atoms. The molecule has 1 heterocycles. The number of nitriles is 1. The molecular weight excluding hydrogens is 507 g/mol. The maximum Gasteiger partial charge on any atom is 0.416 e. The van der Waals surface area contributed by atoms with Crippen molar-refractivity contribution in [2.24, 2.45) is 4.99 Å². The molecule has 1 aromatic heterocycles. The van der Waals surface area contributed by atoms with Crippen LogP contribution < -0.4 is 0 Å². The molecule has 0 amide bonds. The minimum absolute atomic E-state index is 0.362. The molecule has 2 unspecified atom stereocenters. The summed E-state index contributed by atoms with van der Waals surface area (Å²) in [6.45, 7) is 0. The zero-order valence-electron chi connectivity index (χ0n) is 16.2. The zero-order chi connectivity index (χ0) is 24.2. The van der Waals surface area contributed by atoms with Crippen LogP contribution in [0.5, 0.6) is 0 Å². The second kappa shape index (κ2) is 8.01. The lowest BCUT2D eigenvalue weighted by Gasteiger charge is -2.18. The number of halogens is 9. The molecule has 5 nitrogen and oxygen atoms in total. The van der Waals surface area contributed by atoms with Gasteiger partial charge in [-0.2, -0.15) is 23.5 Å². The average Bonchev–Trinajstić information content (AvgIpc) is 3.06. The molecule has 0 radical (unpaired) electrons. The number of alkyl halides is 7. The van der Waals surface area contributed by atoms with E-state index in [1.54, 1.807) is 6.07 Å². The smallest absolute Gasteiger partial charge is 0.369 e. The van der Waals surface area contributed by atoms with Crippen molar-refractivity contribution in [2.75, 3.05) is 14.1 Å². The van der Waals surface area contributed by atoms with E-state index < -0.39 is 62.2 Å². The number of aliphatic imine (C=N–C) groups is 1. The molecule has 1 aliphatic rings. The fraction of sp³-hybridized carbons (Fsp3) is 0.389. The van der Waals surface area contributed by atoms with Crippen LogP contribution in [0.3, 0.4) is 0 Å². The molecule has 2 aromatic rings. The number of hydrogen-bond donors (Lipinski definition) is 0. The Morgan fingerprint density at radius 1 is 1.28 bits per heavy atom. The van der Waals surface area contributed by atoms with Gasteiger partial charge in [-0.3, -0.25) is 0 Å². The van der Waals surface area contributed by atoms with Crippen LogP contribution in [0.15, 0.2) is 17.1 Å². The van der Waals surface area contributed by atoms with Crippen LogP contribution in [0.4, 0.5) is 32.2 Å². The standard InChI is InChI=1S/C18H12Cl3F6N5/c1-31(2)7-29-14-12(16(15(21)22)6-17(16,23)24)11(5-28)30-32(14)13-9(19)3-8(4-10(13)20)18(25,26)27/h3-4,7,15H,6H2,1-2H3. The van der Waals surface area contributed by atoms with Gasteiger partial charge in [0.2, 0.25) is 0 Å². The predicted octanol–water partition coefficient (Wildman–Crippen LogP) is 6.10. The fourth-order valence-electron chi connectivity index (χ4n) is 3.20. The largest absolute Gasteiger partial charge is 0.416 e. The Morgan fingerprint density at radius 3 is 2.19 bits per heavy atom. The Bertz CT molecular complexity index is 1110. The van der Waals surface area contributed by atoms with Gasteiger partial charge in [0.25, 0.3) is 5.92 Å². The van der Waals surface area contributed by atoms with Crippen molar-refractivity contribution in [1.82, 2.24) is 14.7 Å². The number of rotatable bonds is 5. The summed E-state index contributed by atoms with van der Waals surface area (Å²) in [7, 11) is 3.07. The molecule has 0 spiro atoms. The first kappa shape index (κ1) is 24.5. The van der Waals surface area contributed by atoms with Crippen molar-refractivity contribution in [3.63, 3.8) is 0 Å². The third-order valence-electron chi connectivity index (χ3n) is 4.78. The number of nitrogens with zero attached hydrogens (tertiary/aromatic N) is 5. The highest BCUT2D eigenvalue weighted by Crippen LogP contribution is 2.67. The molecule has 0 N–H and O–H groups in total. The molecule has 14 heteroatoms. The van der Waals surface area contributed by atoms with Crippen molar-refractivity contribution in [3.05, 3.63) is 39.0 Å². The first-order valence-electron chi connectivity index (χ1n) is 8.64. The quantitative estimate of drug-likeness (QED) is 0.208. The maximum absolute atomic E-state index is 14.3. The summed E-state index contributed by atoms with van der Waals surface area (Å²) >= 11 is 17.5. The van der Waals surface area contributed by atoms with Crippen LogP contribution in [-0.4, -0.2) is 46.7 Å². The second-order valence-corrected chi connectivity index (χ2v) is 8.42. The fourth-order valence-corrected chi connectivity index (χ4v) is 4.19. The van der Waals surface area contributed by atoms with Crippen molar-refractivity contribution in [2.45, 2.75) is 29.6 Å². The van der Waals surface area contributed by atoms with Gasteiger partial charge < -0.3 is 4.90 Å². The second-order valence-electron chi connectivity index (χ2n) is 7.22. The van der Waals surface area contributed by atoms with E-state index >= 15 is 0 Å². The summed E-state index contributed by atoms with van der Waals surface area (Å²) in [4.78, 5) is 5.41. The van der Waals surface area contributed by atoms with E-state index in [-0.39, 0.29) is 5.69 Å². The van der Waals surface area contributed by atoms with Gasteiger partial charge in [-0.25, -0.2) is 22.8 Å². The van der Waals surface area contributed by atoms with Crippen LogP contribution in [0.1, 0.15) is 23.2 Å². The summed E-state index contributed by atoms with van der Waals surface area (Å²) in [5.41, 5.74) is -8.01. The minimum atomic E-state index is -4.77. The third kappa shape index (κ3) is 3.89. The van der Waals surface area contributed by atoms with Crippen LogP contribution in [0, 0.1) is 11.3 Å². The number of benzene rings is 1. The molecule has 1 aromatic carbocycles. The summed E-state index contributed by atoms with van der Waals surface area (Å²) in [5, 5.41) is 12.3. The van der Waals surface area contributed by atoms with Gasteiger partial charge in [0, 0.05) is 20.5 Å². The zero-order valence-corrected chi connectivity index (χ0v) is 18.4. The SMILES string of the molecule is CN(C)C=Nc1c(C2(C(F)Cl)CC2(F)F)c(C#N)nn1-c1c(Cl)cc(C(F)(F)F)cc1Cl. The van der Waals surface area contributed by atoms with Gasteiger partial charge in [0.1, 0.15) is 17.2 Å². The van der Waals surface area contributed by atoms with E-state index in [0.717, 1.165) is 11.0 Å². The van der Waals surface area contributed by atoms with Crippen molar-refractivity contribution >= 4 is 47.0 Å². The van der Waals surface area contributed by atoms with Gasteiger partial charge in [0.15, 0.2) is 17.1 Å². The summed E-state index contributed by atoms with van der Waals surface area (Å²) < 4.78 is 82.9. The normalized spacial score (nSPS) is 20.9. The molecule has 0 saturated heterocycles. The molecule has 1 saturated carbocycles. The Kier molecular flexibility index (Phi) is 6.12.